The molecule has 0 saturated carbocycles. The van der Waals surface area contributed by atoms with Gasteiger partial charge in [-0.3, -0.25) is 4.90 Å². The molecule has 0 aromatic heterocycles. The van der Waals surface area contributed by atoms with Crippen LogP contribution in [0.3, 0.4) is 0 Å². The number of nitrogens with zero attached hydrogens (tertiary/aromatic N) is 1. The first-order valence-corrected chi connectivity index (χ1v) is 8.59. The zero-order chi connectivity index (χ0) is 14.8. The second kappa shape index (κ2) is 6.41. The standard InChI is InChI=1S/C13H18ClNO4S/c14-11-4-2-1-3-10(11)7-15(5-6-16)12-8-20(18,19)9-13(12)17/h1-4,12-13,16-17H,5-9H2/t12-,13+/m1/s1. The number of rotatable bonds is 5. The van der Waals surface area contributed by atoms with E-state index in [4.69, 9.17) is 16.7 Å². The van der Waals surface area contributed by atoms with Gasteiger partial charge in [-0.1, -0.05) is 29.8 Å². The molecule has 1 heterocycles. The van der Waals surface area contributed by atoms with E-state index in [9.17, 15) is 13.5 Å². The van der Waals surface area contributed by atoms with E-state index in [0.717, 1.165) is 5.56 Å². The van der Waals surface area contributed by atoms with E-state index in [0.29, 0.717) is 18.1 Å². The van der Waals surface area contributed by atoms with Crippen LogP contribution in [0.4, 0.5) is 0 Å². The highest BCUT2D eigenvalue weighted by Gasteiger charge is 2.39. The summed E-state index contributed by atoms with van der Waals surface area (Å²) in [7, 11) is -3.22. The first-order chi connectivity index (χ1) is 9.43. The number of aliphatic hydroxyl groups excluding tert-OH is 2. The lowest BCUT2D eigenvalue weighted by molar-refractivity contribution is 0.0655. The number of aliphatic hydroxyl groups is 2. The summed E-state index contributed by atoms with van der Waals surface area (Å²) in [5, 5.41) is 19.7. The van der Waals surface area contributed by atoms with Crippen LogP contribution in [0, 0.1) is 0 Å². The van der Waals surface area contributed by atoms with Gasteiger partial charge in [-0.05, 0) is 11.6 Å². The molecule has 1 aliphatic rings. The third-order valence-electron chi connectivity index (χ3n) is 3.48. The van der Waals surface area contributed by atoms with Gasteiger partial charge in [0.15, 0.2) is 9.84 Å². The molecule has 1 aromatic carbocycles. The molecule has 7 heteroatoms. The van der Waals surface area contributed by atoms with Gasteiger partial charge in [0.2, 0.25) is 0 Å². The molecule has 0 bridgehead atoms. The Bertz CT molecular complexity index is 563. The largest absolute Gasteiger partial charge is 0.395 e. The van der Waals surface area contributed by atoms with Gasteiger partial charge < -0.3 is 10.2 Å². The number of benzene rings is 1. The monoisotopic (exact) mass is 319 g/mol. The Morgan fingerprint density at radius 2 is 2.00 bits per heavy atom. The molecule has 1 aliphatic heterocycles. The van der Waals surface area contributed by atoms with Crippen molar-refractivity contribution in [3.8, 4) is 0 Å². The summed E-state index contributed by atoms with van der Waals surface area (Å²) < 4.78 is 23.2. The van der Waals surface area contributed by atoms with Crippen LogP contribution in [0.15, 0.2) is 24.3 Å². The van der Waals surface area contributed by atoms with Crippen molar-refractivity contribution in [2.24, 2.45) is 0 Å². The second-order valence-electron chi connectivity index (χ2n) is 5.00. The molecule has 0 spiro atoms. The molecule has 0 radical (unpaired) electrons. The van der Waals surface area contributed by atoms with Crippen molar-refractivity contribution in [3.05, 3.63) is 34.9 Å². The van der Waals surface area contributed by atoms with Gasteiger partial charge in [0.05, 0.1) is 30.3 Å². The van der Waals surface area contributed by atoms with Gasteiger partial charge in [-0.25, -0.2) is 8.42 Å². The fraction of sp³-hybridized carbons (Fsp3) is 0.538. The number of halogens is 1. The predicted molar refractivity (Wildman–Crippen MR) is 77.4 cm³/mol. The molecule has 2 atom stereocenters. The van der Waals surface area contributed by atoms with Crippen LogP contribution in [-0.4, -0.2) is 60.3 Å². The Morgan fingerprint density at radius 1 is 1.30 bits per heavy atom. The van der Waals surface area contributed by atoms with Crippen molar-refractivity contribution < 1.29 is 18.6 Å². The second-order valence-corrected chi connectivity index (χ2v) is 7.56. The van der Waals surface area contributed by atoms with Crippen molar-refractivity contribution in [2.75, 3.05) is 24.7 Å². The van der Waals surface area contributed by atoms with E-state index < -0.39 is 22.0 Å². The van der Waals surface area contributed by atoms with Crippen molar-refractivity contribution in [1.29, 1.82) is 0 Å². The van der Waals surface area contributed by atoms with Crippen molar-refractivity contribution in [1.82, 2.24) is 4.90 Å². The topological polar surface area (TPSA) is 77.8 Å². The van der Waals surface area contributed by atoms with Gasteiger partial charge >= 0.3 is 0 Å². The normalized spacial score (nSPS) is 25.2. The highest BCUT2D eigenvalue weighted by Crippen LogP contribution is 2.23. The summed E-state index contributed by atoms with van der Waals surface area (Å²) in [5.41, 5.74) is 0.846. The summed E-state index contributed by atoms with van der Waals surface area (Å²) in [6.45, 7) is 0.591. The molecule has 20 heavy (non-hydrogen) atoms. The Balaban J connectivity index is 2.18. The maximum absolute atomic E-state index is 11.6. The van der Waals surface area contributed by atoms with Crippen LogP contribution in [-0.2, 0) is 16.4 Å². The fourth-order valence-electron chi connectivity index (χ4n) is 2.50. The van der Waals surface area contributed by atoms with Crippen molar-refractivity contribution in [2.45, 2.75) is 18.7 Å². The Hall–Kier alpha value is -0.660. The number of hydrogen-bond donors (Lipinski definition) is 2. The van der Waals surface area contributed by atoms with E-state index in [-0.39, 0.29) is 18.1 Å². The molecule has 1 fully saturated rings. The lowest BCUT2D eigenvalue weighted by Gasteiger charge is -2.29. The summed E-state index contributed by atoms with van der Waals surface area (Å²) in [6, 6.07) is 6.78. The molecule has 112 valence electrons. The molecule has 2 N–H and O–H groups in total. The highest BCUT2D eigenvalue weighted by atomic mass is 35.5. The maximum Gasteiger partial charge on any atom is 0.154 e. The van der Waals surface area contributed by atoms with Gasteiger partial charge in [0.1, 0.15) is 0 Å². The van der Waals surface area contributed by atoms with Crippen LogP contribution < -0.4 is 0 Å². The Kier molecular flexibility index (Phi) is 5.04. The fourth-order valence-corrected chi connectivity index (χ4v) is 4.52. The number of hydrogen-bond acceptors (Lipinski definition) is 5. The van der Waals surface area contributed by atoms with Crippen LogP contribution in [0.5, 0.6) is 0 Å². The average Bonchev–Trinajstić information content (AvgIpc) is 2.65. The maximum atomic E-state index is 11.6. The zero-order valence-corrected chi connectivity index (χ0v) is 12.5. The minimum absolute atomic E-state index is 0.0847. The molecule has 0 amide bonds. The molecule has 0 aliphatic carbocycles. The van der Waals surface area contributed by atoms with E-state index in [1.54, 1.807) is 11.0 Å². The first-order valence-electron chi connectivity index (χ1n) is 6.40. The summed E-state index contributed by atoms with van der Waals surface area (Å²) in [6.07, 6.45) is -0.922. The highest BCUT2D eigenvalue weighted by molar-refractivity contribution is 7.91. The van der Waals surface area contributed by atoms with Crippen LogP contribution in [0.25, 0.3) is 0 Å². The molecule has 0 unspecified atom stereocenters. The summed E-state index contributed by atoms with van der Waals surface area (Å²) in [5.74, 6) is -0.305. The molecule has 2 rings (SSSR count). The molecule has 1 saturated heterocycles. The molecule has 5 nitrogen and oxygen atoms in total. The Labute approximate surface area is 123 Å². The molecular formula is C13H18ClNO4S. The SMILES string of the molecule is O=S1(=O)C[C@@H](N(CCO)Cc2ccccc2Cl)[C@@H](O)C1. The first kappa shape index (κ1) is 15.7. The average molecular weight is 320 g/mol. The van der Waals surface area contributed by atoms with Crippen LogP contribution >= 0.6 is 11.6 Å². The van der Waals surface area contributed by atoms with Gasteiger partial charge in [-0.15, -0.1) is 0 Å². The quantitative estimate of drug-likeness (QED) is 0.816. The van der Waals surface area contributed by atoms with Gasteiger partial charge in [0, 0.05) is 18.1 Å². The minimum atomic E-state index is -3.22. The Morgan fingerprint density at radius 3 is 2.55 bits per heavy atom. The third kappa shape index (κ3) is 3.71. The van der Waals surface area contributed by atoms with Crippen molar-refractivity contribution >= 4 is 21.4 Å². The number of sulfone groups is 1. The van der Waals surface area contributed by atoms with Crippen molar-refractivity contribution in [3.63, 3.8) is 0 Å². The smallest absolute Gasteiger partial charge is 0.154 e. The van der Waals surface area contributed by atoms with Gasteiger partial charge in [0.25, 0.3) is 0 Å². The van der Waals surface area contributed by atoms with Crippen LogP contribution in [0.1, 0.15) is 5.56 Å². The van der Waals surface area contributed by atoms with Gasteiger partial charge in [-0.2, -0.15) is 0 Å². The van der Waals surface area contributed by atoms with E-state index >= 15 is 0 Å². The molecule has 1 aromatic rings. The van der Waals surface area contributed by atoms with Crippen LogP contribution in [0.2, 0.25) is 5.02 Å². The summed E-state index contributed by atoms with van der Waals surface area (Å²) >= 11 is 6.10. The lowest BCUT2D eigenvalue weighted by atomic mass is 10.1. The van der Waals surface area contributed by atoms with E-state index in [2.05, 4.69) is 0 Å². The molecular weight excluding hydrogens is 302 g/mol. The van der Waals surface area contributed by atoms with E-state index in [1.807, 2.05) is 18.2 Å². The predicted octanol–water partition coefficient (Wildman–Crippen LogP) is 0.292. The minimum Gasteiger partial charge on any atom is -0.395 e. The summed E-state index contributed by atoms with van der Waals surface area (Å²) in [4.78, 5) is 1.77. The zero-order valence-electron chi connectivity index (χ0n) is 10.9. The third-order valence-corrected chi connectivity index (χ3v) is 5.55. The van der Waals surface area contributed by atoms with E-state index in [1.165, 1.54) is 0 Å². The lowest BCUT2D eigenvalue weighted by Crippen LogP contribution is -2.44.